The minimum atomic E-state index is -0.0534. The molecular weight excluding hydrogens is 298 g/mol. The second-order valence-corrected chi connectivity index (χ2v) is 6.10. The first-order chi connectivity index (χ1) is 10.7. The molecule has 1 aromatic heterocycles. The highest BCUT2D eigenvalue weighted by atomic mass is 32.1. The fourth-order valence-corrected chi connectivity index (χ4v) is 3.22. The van der Waals surface area contributed by atoms with Gasteiger partial charge in [0.15, 0.2) is 5.96 Å². The molecule has 2 rings (SSSR count). The van der Waals surface area contributed by atoms with Crippen molar-refractivity contribution in [3.05, 3.63) is 22.4 Å². The number of nitrogens with zero attached hydrogens (tertiary/aromatic N) is 2. The number of aliphatic imine (C=N–C) groups is 1. The molecule has 0 unspecified atom stereocenters. The lowest BCUT2D eigenvalue weighted by Crippen LogP contribution is -2.46. The Hall–Kier alpha value is -1.56. The first-order valence-electron chi connectivity index (χ1n) is 7.95. The van der Waals surface area contributed by atoms with Gasteiger partial charge in [-0.3, -0.25) is 4.79 Å². The largest absolute Gasteiger partial charge is 0.466 e. The third-order valence-corrected chi connectivity index (χ3v) is 4.47. The van der Waals surface area contributed by atoms with Crippen molar-refractivity contribution < 1.29 is 9.53 Å². The topological polar surface area (TPSA) is 53.9 Å². The Labute approximate surface area is 136 Å². The lowest BCUT2D eigenvalue weighted by atomic mass is 9.97. The second-order valence-electron chi connectivity index (χ2n) is 5.32. The molecule has 0 radical (unpaired) electrons. The van der Waals surface area contributed by atoms with Gasteiger partial charge in [0.05, 0.1) is 19.1 Å². The van der Waals surface area contributed by atoms with Crippen LogP contribution in [0.1, 0.15) is 32.3 Å². The molecule has 0 amide bonds. The highest BCUT2D eigenvalue weighted by Crippen LogP contribution is 2.19. The smallest absolute Gasteiger partial charge is 0.309 e. The summed E-state index contributed by atoms with van der Waals surface area (Å²) >= 11 is 1.69. The summed E-state index contributed by atoms with van der Waals surface area (Å²) in [6.45, 7) is 7.63. The van der Waals surface area contributed by atoms with Crippen LogP contribution in [0.15, 0.2) is 21.8 Å². The van der Waals surface area contributed by atoms with Crippen LogP contribution < -0.4 is 5.32 Å². The average molecular weight is 323 g/mol. The van der Waals surface area contributed by atoms with E-state index < -0.39 is 0 Å². The standard InChI is InChI=1S/C16H25N3O2S/c1-3-17-16(18-11-13-7-10-22-12-13)19-8-5-14(6-9-19)15(20)21-4-2/h7,10,12,14H,3-6,8-9,11H2,1-2H3,(H,17,18). The van der Waals surface area contributed by atoms with Crippen molar-refractivity contribution in [1.82, 2.24) is 10.2 Å². The summed E-state index contributed by atoms with van der Waals surface area (Å²) in [4.78, 5) is 18.7. The number of thiophene rings is 1. The van der Waals surface area contributed by atoms with Gasteiger partial charge in [-0.15, -0.1) is 0 Å². The molecule has 22 heavy (non-hydrogen) atoms. The van der Waals surface area contributed by atoms with Crippen LogP contribution in [0.5, 0.6) is 0 Å². The van der Waals surface area contributed by atoms with Gasteiger partial charge in [0, 0.05) is 19.6 Å². The number of piperidine rings is 1. The Morgan fingerprint density at radius 3 is 2.82 bits per heavy atom. The number of rotatable bonds is 5. The first-order valence-corrected chi connectivity index (χ1v) is 8.89. The number of carbonyl (C=O) groups is 1. The predicted octanol–water partition coefficient (Wildman–Crippen LogP) is 2.49. The van der Waals surface area contributed by atoms with Crippen LogP contribution in [-0.4, -0.2) is 43.1 Å². The van der Waals surface area contributed by atoms with Crippen LogP contribution >= 0.6 is 11.3 Å². The molecule has 2 heterocycles. The van der Waals surface area contributed by atoms with E-state index in [4.69, 9.17) is 9.73 Å². The minimum absolute atomic E-state index is 0.0379. The Balaban J connectivity index is 1.90. The van der Waals surface area contributed by atoms with E-state index in [9.17, 15) is 4.79 Å². The molecule has 1 saturated heterocycles. The molecule has 0 aromatic carbocycles. The number of nitrogens with one attached hydrogen (secondary N) is 1. The van der Waals surface area contributed by atoms with Crippen molar-refractivity contribution in [2.75, 3.05) is 26.2 Å². The van der Waals surface area contributed by atoms with Gasteiger partial charge in [0.2, 0.25) is 0 Å². The molecule has 6 heteroatoms. The molecule has 1 aliphatic rings. The molecule has 1 fully saturated rings. The van der Waals surface area contributed by atoms with Gasteiger partial charge in [-0.2, -0.15) is 11.3 Å². The highest BCUT2D eigenvalue weighted by molar-refractivity contribution is 7.07. The summed E-state index contributed by atoms with van der Waals surface area (Å²) in [7, 11) is 0. The van der Waals surface area contributed by atoms with E-state index >= 15 is 0 Å². The van der Waals surface area contributed by atoms with Gasteiger partial charge in [0.25, 0.3) is 0 Å². The van der Waals surface area contributed by atoms with Crippen LogP contribution in [0.4, 0.5) is 0 Å². The first kappa shape index (κ1) is 16.8. The number of esters is 1. The highest BCUT2D eigenvalue weighted by Gasteiger charge is 2.27. The maximum absolute atomic E-state index is 11.8. The van der Waals surface area contributed by atoms with E-state index in [0.29, 0.717) is 13.2 Å². The lowest BCUT2D eigenvalue weighted by Gasteiger charge is -2.33. The fourth-order valence-electron chi connectivity index (χ4n) is 2.56. The minimum Gasteiger partial charge on any atom is -0.466 e. The summed E-state index contributed by atoms with van der Waals surface area (Å²) in [6, 6.07) is 2.10. The van der Waals surface area contributed by atoms with E-state index in [0.717, 1.165) is 38.4 Å². The van der Waals surface area contributed by atoms with E-state index in [2.05, 4.69) is 34.0 Å². The molecule has 0 atom stereocenters. The number of carbonyl (C=O) groups excluding carboxylic acids is 1. The van der Waals surface area contributed by atoms with Crippen LogP contribution in [0.25, 0.3) is 0 Å². The molecular formula is C16H25N3O2S. The number of hydrogen-bond donors (Lipinski definition) is 1. The van der Waals surface area contributed by atoms with Crippen LogP contribution in [-0.2, 0) is 16.1 Å². The van der Waals surface area contributed by atoms with Crippen LogP contribution in [0.2, 0.25) is 0 Å². The predicted molar refractivity (Wildman–Crippen MR) is 90.1 cm³/mol. The summed E-state index contributed by atoms with van der Waals surface area (Å²) in [5.41, 5.74) is 1.24. The Morgan fingerprint density at radius 2 is 2.23 bits per heavy atom. The molecule has 0 bridgehead atoms. The van der Waals surface area contributed by atoms with Gasteiger partial charge >= 0.3 is 5.97 Å². The lowest BCUT2D eigenvalue weighted by molar-refractivity contribution is -0.149. The van der Waals surface area contributed by atoms with Crippen LogP contribution in [0, 0.1) is 5.92 Å². The van der Waals surface area contributed by atoms with E-state index in [1.807, 2.05) is 6.92 Å². The van der Waals surface area contributed by atoms with Gasteiger partial charge in [-0.25, -0.2) is 4.99 Å². The van der Waals surface area contributed by atoms with Gasteiger partial charge in [-0.05, 0) is 49.1 Å². The zero-order valence-electron chi connectivity index (χ0n) is 13.4. The second kappa shape index (κ2) is 8.78. The summed E-state index contributed by atoms with van der Waals surface area (Å²) < 4.78 is 5.12. The molecule has 122 valence electrons. The van der Waals surface area contributed by atoms with Crippen molar-refractivity contribution >= 4 is 23.3 Å². The zero-order valence-corrected chi connectivity index (χ0v) is 14.2. The Bertz CT molecular complexity index is 480. The molecule has 0 spiro atoms. The van der Waals surface area contributed by atoms with Gasteiger partial charge in [0.1, 0.15) is 0 Å². The molecule has 0 aliphatic carbocycles. The van der Waals surface area contributed by atoms with Crippen molar-refractivity contribution in [3.63, 3.8) is 0 Å². The van der Waals surface area contributed by atoms with Crippen molar-refractivity contribution in [2.45, 2.75) is 33.2 Å². The molecule has 5 nitrogen and oxygen atoms in total. The van der Waals surface area contributed by atoms with Crippen molar-refractivity contribution in [3.8, 4) is 0 Å². The number of guanidine groups is 1. The fraction of sp³-hybridized carbons (Fsp3) is 0.625. The summed E-state index contributed by atoms with van der Waals surface area (Å²) in [6.07, 6.45) is 1.67. The number of ether oxygens (including phenoxy) is 1. The SMILES string of the molecule is CCNC(=NCc1ccsc1)N1CCC(C(=O)OCC)CC1. The van der Waals surface area contributed by atoms with E-state index in [1.54, 1.807) is 11.3 Å². The van der Waals surface area contributed by atoms with Crippen LogP contribution in [0.3, 0.4) is 0 Å². The van der Waals surface area contributed by atoms with Gasteiger partial charge < -0.3 is 15.0 Å². The third kappa shape index (κ3) is 4.73. The Morgan fingerprint density at radius 1 is 1.45 bits per heavy atom. The van der Waals surface area contributed by atoms with Crippen molar-refractivity contribution in [2.24, 2.45) is 10.9 Å². The summed E-state index contributed by atoms with van der Waals surface area (Å²) in [5, 5.41) is 7.54. The zero-order chi connectivity index (χ0) is 15.8. The number of hydrogen-bond acceptors (Lipinski definition) is 4. The average Bonchev–Trinajstić information content (AvgIpc) is 3.05. The normalized spacial score (nSPS) is 16.6. The summed E-state index contributed by atoms with van der Waals surface area (Å²) in [5.74, 6) is 0.925. The molecule has 1 N–H and O–H groups in total. The maximum Gasteiger partial charge on any atom is 0.309 e. The maximum atomic E-state index is 11.8. The third-order valence-electron chi connectivity index (χ3n) is 3.74. The number of likely N-dealkylation sites (tertiary alicyclic amines) is 1. The molecule has 1 aromatic rings. The van der Waals surface area contributed by atoms with Crippen molar-refractivity contribution in [1.29, 1.82) is 0 Å². The molecule has 0 saturated carbocycles. The Kier molecular flexibility index (Phi) is 6.71. The molecule has 1 aliphatic heterocycles. The monoisotopic (exact) mass is 323 g/mol. The van der Waals surface area contributed by atoms with E-state index in [-0.39, 0.29) is 11.9 Å². The van der Waals surface area contributed by atoms with E-state index in [1.165, 1.54) is 5.56 Å². The van der Waals surface area contributed by atoms with Gasteiger partial charge in [-0.1, -0.05) is 0 Å². The quantitative estimate of drug-likeness (QED) is 0.514.